The number of Topliss-reactive ketones (excluding diaryl/α,β-unsaturated/α-hetero) is 1. The van der Waals surface area contributed by atoms with Crippen LogP contribution >= 0.6 is 0 Å². The Bertz CT molecular complexity index is 1600. The lowest BCUT2D eigenvalue weighted by molar-refractivity contribution is -0.157. The number of carbonyl (C=O) groups excluding carboxylic acids is 6. The number of carboxylic acids is 1. The average molecular weight is 720 g/mol. The van der Waals surface area contributed by atoms with Crippen molar-refractivity contribution in [2.45, 2.75) is 90.5 Å². The highest BCUT2D eigenvalue weighted by Crippen LogP contribution is 2.30. The fourth-order valence-electron chi connectivity index (χ4n) is 5.94. The van der Waals surface area contributed by atoms with E-state index in [4.69, 9.17) is 0 Å². The third kappa shape index (κ3) is 10.8. The summed E-state index contributed by atoms with van der Waals surface area (Å²) in [7, 11) is 0. The van der Waals surface area contributed by atoms with Gasteiger partial charge in [-0.1, -0.05) is 77.4 Å². The molecule has 15 nitrogen and oxygen atoms in total. The number of aromatic nitrogens is 2. The van der Waals surface area contributed by atoms with Crippen LogP contribution in [-0.2, 0) is 35.2 Å². The van der Waals surface area contributed by atoms with Crippen molar-refractivity contribution in [3.63, 3.8) is 0 Å². The summed E-state index contributed by atoms with van der Waals surface area (Å²) in [4.78, 5) is 102. The zero-order chi connectivity index (χ0) is 38.5. The molecule has 52 heavy (non-hydrogen) atoms. The number of aliphatic carboxylic acids is 1. The van der Waals surface area contributed by atoms with Gasteiger partial charge in [0.05, 0.1) is 12.2 Å². The lowest BCUT2D eigenvalue weighted by atomic mass is 9.83. The highest BCUT2D eigenvalue weighted by atomic mass is 16.4. The van der Waals surface area contributed by atoms with Crippen LogP contribution in [0.25, 0.3) is 0 Å². The molecule has 1 fully saturated rings. The van der Waals surface area contributed by atoms with Gasteiger partial charge >= 0.3 is 5.97 Å². The van der Waals surface area contributed by atoms with Gasteiger partial charge < -0.3 is 31.3 Å². The Labute approximate surface area is 303 Å². The molecule has 5 amide bonds. The number of hydrogen-bond acceptors (Lipinski definition) is 9. The van der Waals surface area contributed by atoms with E-state index in [1.165, 1.54) is 23.5 Å². The number of carbonyl (C=O) groups is 7. The standard InChI is InChI=1S/C37H49N7O8/c1-7-12-24-20-44(36(50)29(22(5)6)43-33(47)28(21(3)4)42-32(46)27-19-38-16-17-39-27)30(24)34(48)40-25(13-8-2)31(45)35(49)41-26(37(51)52)18-23-14-10-9-11-15-23/h7,9-11,14-17,19,21-22,24-26,28-30H,1,8,12-13,18,20H2,2-6H3,(H,40,48)(H,41,49)(H,42,46)(H,43,47)(H,51,52)/t24?,25?,26-,28-,29?,30-/m0/s1. The van der Waals surface area contributed by atoms with E-state index >= 15 is 0 Å². The van der Waals surface area contributed by atoms with E-state index in [9.17, 15) is 38.7 Å². The maximum absolute atomic E-state index is 14.0. The van der Waals surface area contributed by atoms with Gasteiger partial charge in [-0.05, 0) is 30.2 Å². The summed E-state index contributed by atoms with van der Waals surface area (Å²) in [6, 6.07) is 2.83. The highest BCUT2D eigenvalue weighted by molar-refractivity contribution is 6.38. The van der Waals surface area contributed by atoms with Gasteiger partial charge in [0.15, 0.2) is 0 Å². The first kappa shape index (κ1) is 41.0. The van der Waals surface area contributed by atoms with E-state index < -0.39 is 77.4 Å². The second-order valence-corrected chi connectivity index (χ2v) is 13.5. The third-order valence-electron chi connectivity index (χ3n) is 8.82. The van der Waals surface area contributed by atoms with Crippen molar-refractivity contribution in [3.8, 4) is 0 Å². The largest absolute Gasteiger partial charge is 0.480 e. The molecule has 1 aromatic heterocycles. The Kier molecular flexibility index (Phi) is 15.1. The molecular weight excluding hydrogens is 670 g/mol. The van der Waals surface area contributed by atoms with Crippen molar-refractivity contribution in [1.29, 1.82) is 0 Å². The topological polar surface area (TPSA) is 217 Å². The summed E-state index contributed by atoms with van der Waals surface area (Å²) >= 11 is 0. The van der Waals surface area contributed by atoms with Gasteiger partial charge in [0, 0.05) is 31.3 Å². The minimum Gasteiger partial charge on any atom is -0.480 e. The molecule has 5 N–H and O–H groups in total. The van der Waals surface area contributed by atoms with Crippen LogP contribution in [0.5, 0.6) is 0 Å². The van der Waals surface area contributed by atoms with Crippen LogP contribution in [0.2, 0.25) is 0 Å². The molecule has 0 aliphatic carbocycles. The maximum Gasteiger partial charge on any atom is 0.326 e. The smallest absolute Gasteiger partial charge is 0.326 e. The minimum atomic E-state index is -1.38. The predicted octanol–water partition coefficient (Wildman–Crippen LogP) is 1.44. The number of benzene rings is 1. The van der Waals surface area contributed by atoms with E-state index in [0.717, 1.165) is 0 Å². The summed E-state index contributed by atoms with van der Waals surface area (Å²) in [5, 5.41) is 20.1. The molecule has 15 heteroatoms. The monoisotopic (exact) mass is 719 g/mol. The summed E-state index contributed by atoms with van der Waals surface area (Å²) in [5.74, 6) is -7.04. The molecule has 3 rings (SSSR count). The number of rotatable bonds is 19. The molecular formula is C37H49N7O8. The molecule has 0 radical (unpaired) electrons. The van der Waals surface area contributed by atoms with Gasteiger partial charge in [-0.15, -0.1) is 6.58 Å². The molecule has 0 bridgehead atoms. The second-order valence-electron chi connectivity index (χ2n) is 13.5. The molecule has 2 heterocycles. The first-order chi connectivity index (χ1) is 24.7. The van der Waals surface area contributed by atoms with Crippen LogP contribution in [0.3, 0.4) is 0 Å². The first-order valence-electron chi connectivity index (χ1n) is 17.4. The molecule has 1 aromatic carbocycles. The molecule has 280 valence electrons. The predicted molar refractivity (Wildman–Crippen MR) is 190 cm³/mol. The normalized spacial score (nSPS) is 17.5. The molecule has 3 unspecified atom stereocenters. The molecule has 1 aliphatic rings. The van der Waals surface area contributed by atoms with Crippen LogP contribution < -0.4 is 21.3 Å². The Morgan fingerprint density at radius 1 is 0.923 bits per heavy atom. The van der Waals surface area contributed by atoms with Gasteiger partial charge in [-0.2, -0.15) is 0 Å². The van der Waals surface area contributed by atoms with E-state index in [-0.39, 0.29) is 36.9 Å². The van der Waals surface area contributed by atoms with Crippen LogP contribution in [0.4, 0.5) is 0 Å². The fourth-order valence-corrected chi connectivity index (χ4v) is 5.94. The number of ketones is 1. The number of likely N-dealkylation sites (tertiary alicyclic amines) is 1. The Morgan fingerprint density at radius 3 is 2.15 bits per heavy atom. The first-order valence-corrected chi connectivity index (χ1v) is 17.4. The SMILES string of the molecule is C=CCC1CN(C(=O)C(NC(=O)[C@@H](NC(=O)c2cnccn2)C(C)C)C(C)C)[C@@H]1C(=O)NC(CCC)C(=O)C(=O)N[C@@H](Cc1ccccc1)C(=O)O. The van der Waals surface area contributed by atoms with E-state index in [2.05, 4.69) is 37.8 Å². The number of amides is 5. The summed E-state index contributed by atoms with van der Waals surface area (Å²) in [6.45, 7) is 12.6. The van der Waals surface area contributed by atoms with Gasteiger partial charge in [0.25, 0.3) is 11.8 Å². The van der Waals surface area contributed by atoms with Gasteiger partial charge in [-0.3, -0.25) is 33.8 Å². The molecule has 2 aromatic rings. The van der Waals surface area contributed by atoms with Crippen molar-refractivity contribution in [1.82, 2.24) is 36.1 Å². The summed E-state index contributed by atoms with van der Waals surface area (Å²) in [6.07, 6.45) is 6.46. The quantitative estimate of drug-likeness (QED) is 0.104. The van der Waals surface area contributed by atoms with Crippen molar-refractivity contribution < 1.29 is 38.7 Å². The van der Waals surface area contributed by atoms with Crippen molar-refractivity contribution in [3.05, 3.63) is 72.8 Å². The van der Waals surface area contributed by atoms with Crippen LogP contribution in [0, 0.1) is 17.8 Å². The van der Waals surface area contributed by atoms with Gasteiger partial charge in [0.1, 0.15) is 29.9 Å². The van der Waals surface area contributed by atoms with Crippen LogP contribution in [-0.4, -0.2) is 98.0 Å². The number of nitrogens with one attached hydrogen (secondary N) is 4. The number of nitrogens with zero attached hydrogens (tertiary/aromatic N) is 3. The Morgan fingerprint density at radius 2 is 1.60 bits per heavy atom. The average Bonchev–Trinajstić information content (AvgIpc) is 3.10. The van der Waals surface area contributed by atoms with Crippen LogP contribution in [0.15, 0.2) is 61.6 Å². The third-order valence-corrected chi connectivity index (χ3v) is 8.82. The maximum atomic E-state index is 14.0. The van der Waals surface area contributed by atoms with E-state index in [1.54, 1.807) is 71.0 Å². The van der Waals surface area contributed by atoms with Gasteiger partial charge in [0.2, 0.25) is 23.5 Å². The molecule has 0 saturated carbocycles. The van der Waals surface area contributed by atoms with Gasteiger partial charge in [-0.25, -0.2) is 9.78 Å². The van der Waals surface area contributed by atoms with Crippen molar-refractivity contribution >= 4 is 41.3 Å². The minimum absolute atomic E-state index is 0.0198. The molecule has 1 saturated heterocycles. The van der Waals surface area contributed by atoms with Crippen LogP contribution in [0.1, 0.15) is 69.9 Å². The highest BCUT2D eigenvalue weighted by Gasteiger charge is 2.49. The van der Waals surface area contributed by atoms with E-state index in [0.29, 0.717) is 18.4 Å². The summed E-state index contributed by atoms with van der Waals surface area (Å²) in [5.41, 5.74) is 0.665. The van der Waals surface area contributed by atoms with Crippen molar-refractivity contribution in [2.24, 2.45) is 17.8 Å². The number of carboxylic acid groups (broad SMARTS) is 1. The number of allylic oxidation sites excluding steroid dienone is 1. The lowest BCUT2D eigenvalue weighted by Crippen LogP contribution is -2.69. The zero-order valence-electron chi connectivity index (χ0n) is 30.2. The fraction of sp³-hybridized carbons (Fsp3) is 0.486. The number of hydrogen-bond donors (Lipinski definition) is 5. The van der Waals surface area contributed by atoms with Crippen molar-refractivity contribution in [2.75, 3.05) is 6.54 Å². The molecule has 0 spiro atoms. The Hall–Kier alpha value is -5.47. The van der Waals surface area contributed by atoms with E-state index in [1.807, 2.05) is 0 Å². The summed E-state index contributed by atoms with van der Waals surface area (Å²) < 4.78 is 0. The Balaban J connectivity index is 1.75. The molecule has 6 atom stereocenters. The lowest BCUT2D eigenvalue weighted by Gasteiger charge is -2.48. The molecule has 1 aliphatic heterocycles. The second kappa shape index (κ2) is 19.2. The zero-order valence-corrected chi connectivity index (χ0v) is 30.2.